The van der Waals surface area contributed by atoms with Gasteiger partial charge in [-0.1, -0.05) is 18.9 Å². The number of carbonyl (C=O) groups excluding carboxylic acids is 1. The molecule has 7 heteroatoms. The molecule has 1 fully saturated rings. The van der Waals surface area contributed by atoms with Gasteiger partial charge >= 0.3 is 0 Å². The summed E-state index contributed by atoms with van der Waals surface area (Å²) in [6, 6.07) is 7.18. The average molecular weight is 376 g/mol. The third-order valence-electron chi connectivity index (χ3n) is 4.85. The summed E-state index contributed by atoms with van der Waals surface area (Å²) in [6.07, 6.45) is 3.34. The predicted octanol–water partition coefficient (Wildman–Crippen LogP) is 3.64. The number of hydrogen-bond donors (Lipinski definition) is 1. The van der Waals surface area contributed by atoms with Crippen molar-refractivity contribution in [1.29, 1.82) is 0 Å². The smallest absolute Gasteiger partial charge is 0.226 e. The topological polar surface area (TPSA) is 89.3 Å². The number of anilines is 1. The summed E-state index contributed by atoms with van der Waals surface area (Å²) in [6.45, 7) is 3.72. The van der Waals surface area contributed by atoms with Gasteiger partial charge in [0.05, 0.1) is 16.7 Å². The van der Waals surface area contributed by atoms with Crippen LogP contribution >= 0.6 is 0 Å². The Hall–Kier alpha value is -2.15. The third kappa shape index (κ3) is 4.33. The van der Waals surface area contributed by atoms with Crippen LogP contribution in [0.5, 0.6) is 0 Å². The second-order valence-corrected chi connectivity index (χ2v) is 9.21. The van der Waals surface area contributed by atoms with E-state index in [9.17, 15) is 13.2 Å². The molecule has 2 aromatic rings. The lowest BCUT2D eigenvalue weighted by molar-refractivity contribution is -0.115. The normalized spacial score (nSPS) is 15.3. The SMILES string of the molecule is Cc1nc(-c2cccc(NC(=O)CCS(=O)(=O)C3CCCC3)c2)oc1C. The molecule has 0 atom stereocenters. The number of hydrogen-bond acceptors (Lipinski definition) is 5. The zero-order valence-corrected chi connectivity index (χ0v) is 15.9. The first-order valence-corrected chi connectivity index (χ1v) is 10.6. The quantitative estimate of drug-likeness (QED) is 0.831. The van der Waals surface area contributed by atoms with Gasteiger partial charge in [-0.3, -0.25) is 4.79 Å². The maximum absolute atomic E-state index is 12.3. The van der Waals surface area contributed by atoms with Crippen molar-refractivity contribution in [3.05, 3.63) is 35.7 Å². The van der Waals surface area contributed by atoms with E-state index < -0.39 is 9.84 Å². The summed E-state index contributed by atoms with van der Waals surface area (Å²) in [5, 5.41) is 2.50. The molecule has 1 aliphatic carbocycles. The number of nitrogens with one attached hydrogen (secondary N) is 1. The van der Waals surface area contributed by atoms with Crippen LogP contribution in [-0.2, 0) is 14.6 Å². The van der Waals surface area contributed by atoms with Crippen LogP contribution in [0.4, 0.5) is 5.69 Å². The van der Waals surface area contributed by atoms with Gasteiger partial charge in [-0.25, -0.2) is 13.4 Å². The van der Waals surface area contributed by atoms with Gasteiger partial charge in [0, 0.05) is 17.7 Å². The largest absolute Gasteiger partial charge is 0.441 e. The highest BCUT2D eigenvalue weighted by Gasteiger charge is 2.28. The maximum atomic E-state index is 12.3. The summed E-state index contributed by atoms with van der Waals surface area (Å²) < 4.78 is 30.1. The van der Waals surface area contributed by atoms with Crippen molar-refractivity contribution in [1.82, 2.24) is 4.98 Å². The fraction of sp³-hybridized carbons (Fsp3) is 0.474. The van der Waals surface area contributed by atoms with Crippen molar-refractivity contribution in [3.8, 4) is 11.5 Å². The molecule has 0 radical (unpaired) electrons. The number of oxazole rings is 1. The molecular formula is C19H24N2O4S. The number of amides is 1. The molecule has 0 saturated heterocycles. The van der Waals surface area contributed by atoms with Gasteiger partial charge < -0.3 is 9.73 Å². The maximum Gasteiger partial charge on any atom is 0.226 e. The van der Waals surface area contributed by atoms with E-state index in [1.807, 2.05) is 19.9 Å². The Bertz CT molecular complexity index is 877. The Morgan fingerprint density at radius 2 is 2.00 bits per heavy atom. The number of aromatic nitrogens is 1. The summed E-state index contributed by atoms with van der Waals surface area (Å²) in [7, 11) is -3.19. The highest BCUT2D eigenvalue weighted by atomic mass is 32.2. The number of aryl methyl sites for hydroxylation is 2. The Balaban J connectivity index is 1.61. The van der Waals surface area contributed by atoms with Crippen LogP contribution in [0.3, 0.4) is 0 Å². The molecule has 1 aromatic heterocycles. The minimum atomic E-state index is -3.19. The molecule has 0 bridgehead atoms. The van der Waals surface area contributed by atoms with Gasteiger partial charge in [0.2, 0.25) is 11.8 Å². The third-order valence-corrected chi connectivity index (χ3v) is 7.11. The van der Waals surface area contributed by atoms with E-state index in [2.05, 4.69) is 10.3 Å². The predicted molar refractivity (Wildman–Crippen MR) is 101 cm³/mol. The van der Waals surface area contributed by atoms with Crippen LogP contribution in [0.15, 0.2) is 28.7 Å². The monoisotopic (exact) mass is 376 g/mol. The lowest BCUT2D eigenvalue weighted by atomic mass is 10.2. The summed E-state index contributed by atoms with van der Waals surface area (Å²) in [4.78, 5) is 16.5. The molecule has 26 heavy (non-hydrogen) atoms. The fourth-order valence-electron chi connectivity index (χ4n) is 3.20. The molecule has 1 heterocycles. The molecule has 3 rings (SSSR count). The van der Waals surface area contributed by atoms with Crippen molar-refractivity contribution in [2.75, 3.05) is 11.1 Å². The summed E-state index contributed by atoms with van der Waals surface area (Å²) in [5.74, 6) is 0.858. The first kappa shape index (κ1) is 18.6. The second-order valence-electron chi connectivity index (χ2n) is 6.81. The fourth-order valence-corrected chi connectivity index (χ4v) is 5.05. The van der Waals surface area contributed by atoms with E-state index in [-0.39, 0.29) is 23.3 Å². The van der Waals surface area contributed by atoms with Crippen LogP contribution in [-0.4, -0.2) is 30.3 Å². The molecule has 1 N–H and O–H groups in total. The average Bonchev–Trinajstić information content (AvgIpc) is 3.25. The summed E-state index contributed by atoms with van der Waals surface area (Å²) >= 11 is 0. The van der Waals surface area contributed by atoms with Gasteiger partial charge in [0.15, 0.2) is 9.84 Å². The van der Waals surface area contributed by atoms with Crippen molar-refractivity contribution in [3.63, 3.8) is 0 Å². The Labute approximate surface area is 153 Å². The van der Waals surface area contributed by atoms with Crippen LogP contribution < -0.4 is 5.32 Å². The van der Waals surface area contributed by atoms with Gasteiger partial charge in [0.1, 0.15) is 5.76 Å². The molecule has 1 aromatic carbocycles. The Morgan fingerprint density at radius 1 is 1.27 bits per heavy atom. The van der Waals surface area contributed by atoms with E-state index in [0.29, 0.717) is 11.6 Å². The molecule has 1 amide bonds. The Kier molecular flexibility index (Phi) is 5.46. The highest BCUT2D eigenvalue weighted by molar-refractivity contribution is 7.92. The lowest BCUT2D eigenvalue weighted by Crippen LogP contribution is -2.24. The van der Waals surface area contributed by atoms with Crippen molar-refractivity contribution < 1.29 is 17.6 Å². The second kappa shape index (κ2) is 7.61. The molecule has 0 aliphatic heterocycles. The van der Waals surface area contributed by atoms with Crippen LogP contribution in [0, 0.1) is 13.8 Å². The molecule has 140 valence electrons. The van der Waals surface area contributed by atoms with Gasteiger partial charge in [-0.15, -0.1) is 0 Å². The van der Waals surface area contributed by atoms with Crippen LogP contribution in [0.25, 0.3) is 11.5 Å². The molecule has 0 spiro atoms. The Morgan fingerprint density at radius 3 is 2.65 bits per heavy atom. The number of nitrogens with zero attached hydrogens (tertiary/aromatic N) is 1. The number of carbonyl (C=O) groups is 1. The number of sulfone groups is 1. The van der Waals surface area contributed by atoms with Gasteiger partial charge in [0.25, 0.3) is 0 Å². The molecule has 1 saturated carbocycles. The molecular weight excluding hydrogens is 352 g/mol. The highest BCUT2D eigenvalue weighted by Crippen LogP contribution is 2.26. The van der Waals surface area contributed by atoms with Crippen molar-refractivity contribution >= 4 is 21.4 Å². The minimum Gasteiger partial charge on any atom is -0.441 e. The van der Waals surface area contributed by atoms with Crippen LogP contribution in [0.1, 0.15) is 43.6 Å². The standard InChI is InChI=1S/C19H24N2O4S/c1-13-14(2)25-19(20-13)15-6-5-7-16(12-15)21-18(22)10-11-26(23,24)17-8-3-4-9-17/h5-7,12,17H,3-4,8-11H2,1-2H3,(H,21,22). The van der Waals surface area contributed by atoms with Crippen molar-refractivity contribution in [2.24, 2.45) is 0 Å². The summed E-state index contributed by atoms with van der Waals surface area (Å²) in [5.41, 5.74) is 2.18. The van der Waals surface area contributed by atoms with E-state index in [1.165, 1.54) is 0 Å². The van der Waals surface area contributed by atoms with E-state index in [0.717, 1.165) is 42.7 Å². The molecule has 0 unspecified atom stereocenters. The zero-order chi connectivity index (χ0) is 18.7. The van der Waals surface area contributed by atoms with E-state index >= 15 is 0 Å². The molecule has 1 aliphatic rings. The lowest BCUT2D eigenvalue weighted by Gasteiger charge is -2.11. The zero-order valence-electron chi connectivity index (χ0n) is 15.1. The van der Waals surface area contributed by atoms with Crippen LogP contribution in [0.2, 0.25) is 0 Å². The van der Waals surface area contributed by atoms with E-state index in [4.69, 9.17) is 4.42 Å². The first-order chi connectivity index (χ1) is 12.3. The number of benzene rings is 1. The van der Waals surface area contributed by atoms with Gasteiger partial charge in [-0.2, -0.15) is 0 Å². The first-order valence-electron chi connectivity index (χ1n) is 8.91. The van der Waals surface area contributed by atoms with Crippen molar-refractivity contribution in [2.45, 2.75) is 51.2 Å². The minimum absolute atomic E-state index is 0.0275. The van der Waals surface area contributed by atoms with E-state index in [1.54, 1.807) is 18.2 Å². The van der Waals surface area contributed by atoms with Gasteiger partial charge in [-0.05, 0) is 44.9 Å². The number of rotatable bonds is 6. The molecule has 6 nitrogen and oxygen atoms in total.